The lowest BCUT2D eigenvalue weighted by Crippen LogP contribution is -2.59. The quantitative estimate of drug-likeness (QED) is 0.826. The summed E-state index contributed by atoms with van der Waals surface area (Å²) in [6, 6.07) is 1.72. The van der Waals surface area contributed by atoms with Crippen LogP contribution in [0, 0.1) is 13.8 Å². The zero-order valence-electron chi connectivity index (χ0n) is 17.1. The molecule has 0 saturated carbocycles. The van der Waals surface area contributed by atoms with Crippen molar-refractivity contribution in [3.8, 4) is 0 Å². The van der Waals surface area contributed by atoms with Gasteiger partial charge in [0, 0.05) is 44.6 Å². The molecule has 0 aromatic carbocycles. The Kier molecular flexibility index (Phi) is 5.08. The van der Waals surface area contributed by atoms with E-state index in [1.54, 1.807) is 19.3 Å². The summed E-state index contributed by atoms with van der Waals surface area (Å²) in [6.45, 7) is 5.37. The van der Waals surface area contributed by atoms with Gasteiger partial charge in [-0.25, -0.2) is 15.0 Å². The second-order valence-corrected chi connectivity index (χ2v) is 7.72. The highest BCUT2D eigenvalue weighted by Gasteiger charge is 2.49. The minimum Gasteiger partial charge on any atom is -0.375 e. The molecule has 0 bridgehead atoms. The van der Waals surface area contributed by atoms with Crippen molar-refractivity contribution in [1.82, 2.24) is 29.7 Å². The van der Waals surface area contributed by atoms with Crippen LogP contribution in [-0.4, -0.2) is 74.9 Å². The minimum atomic E-state index is -0.502. The van der Waals surface area contributed by atoms with Gasteiger partial charge in [-0.05, 0) is 32.8 Å². The number of hydrogen-bond acceptors (Lipinski definition) is 6. The lowest BCUT2D eigenvalue weighted by molar-refractivity contribution is -0.145. The van der Waals surface area contributed by atoms with E-state index in [0.717, 1.165) is 23.5 Å². The van der Waals surface area contributed by atoms with Crippen molar-refractivity contribution >= 4 is 11.8 Å². The minimum absolute atomic E-state index is 0.0389. The number of carbonyl (C=O) groups excluding carboxylic acids is 2. The van der Waals surface area contributed by atoms with E-state index in [0.29, 0.717) is 44.0 Å². The topological polar surface area (TPSA) is 104 Å². The Hall–Kier alpha value is -2.81. The number of nitrogens with one attached hydrogen (secondary N) is 1. The van der Waals surface area contributed by atoms with Crippen LogP contribution in [0.15, 0.2) is 12.4 Å². The first kappa shape index (κ1) is 19.5. The van der Waals surface area contributed by atoms with Gasteiger partial charge < -0.3 is 19.5 Å². The van der Waals surface area contributed by atoms with E-state index < -0.39 is 5.54 Å². The van der Waals surface area contributed by atoms with Crippen LogP contribution in [0.5, 0.6) is 0 Å². The third-order valence-corrected chi connectivity index (χ3v) is 5.89. The smallest absolute Gasteiger partial charge is 0.272 e. The first-order chi connectivity index (χ1) is 13.9. The maximum atomic E-state index is 13.0. The van der Waals surface area contributed by atoms with Gasteiger partial charge in [-0.15, -0.1) is 0 Å². The lowest BCUT2D eigenvalue weighted by atomic mass is 9.78. The number of methoxy groups -OCH3 is 1. The first-order valence-electron chi connectivity index (χ1n) is 9.88. The number of imidazole rings is 1. The van der Waals surface area contributed by atoms with Crippen molar-refractivity contribution in [2.45, 2.75) is 38.6 Å². The summed E-state index contributed by atoms with van der Waals surface area (Å²) < 4.78 is 5.10. The molecule has 4 rings (SSSR count). The van der Waals surface area contributed by atoms with Crippen LogP contribution in [0.3, 0.4) is 0 Å². The summed E-state index contributed by atoms with van der Waals surface area (Å²) >= 11 is 0. The lowest BCUT2D eigenvalue weighted by Gasteiger charge is -2.50. The highest BCUT2D eigenvalue weighted by molar-refractivity contribution is 5.92. The van der Waals surface area contributed by atoms with Crippen LogP contribution in [0.1, 0.15) is 46.2 Å². The number of amides is 2. The second kappa shape index (κ2) is 7.55. The number of hydrogen-bond donors (Lipinski definition) is 1. The number of nitrogens with zero attached hydrogens (tertiary/aromatic N) is 5. The molecule has 154 valence electrons. The number of aromatic nitrogens is 4. The number of H-pyrrole nitrogens is 1. The van der Waals surface area contributed by atoms with Gasteiger partial charge >= 0.3 is 0 Å². The molecule has 2 aliphatic heterocycles. The van der Waals surface area contributed by atoms with Crippen LogP contribution < -0.4 is 0 Å². The van der Waals surface area contributed by atoms with Crippen LogP contribution in [-0.2, 0) is 21.5 Å². The predicted octanol–water partition coefficient (Wildman–Crippen LogP) is 0.979. The molecule has 9 nitrogen and oxygen atoms in total. The fourth-order valence-electron chi connectivity index (χ4n) is 4.62. The van der Waals surface area contributed by atoms with Crippen molar-refractivity contribution in [3.63, 3.8) is 0 Å². The van der Waals surface area contributed by atoms with E-state index in [1.807, 2.05) is 16.7 Å². The molecule has 0 unspecified atom stereocenters. The largest absolute Gasteiger partial charge is 0.375 e. The highest BCUT2D eigenvalue weighted by Crippen LogP contribution is 2.42. The van der Waals surface area contributed by atoms with Crippen molar-refractivity contribution < 1.29 is 14.3 Å². The average Bonchev–Trinajstić information content (AvgIpc) is 3.18. The van der Waals surface area contributed by atoms with E-state index in [2.05, 4.69) is 19.9 Å². The van der Waals surface area contributed by atoms with Crippen molar-refractivity contribution in [2.24, 2.45) is 0 Å². The van der Waals surface area contributed by atoms with E-state index in [9.17, 15) is 9.59 Å². The molecule has 1 saturated heterocycles. The summed E-state index contributed by atoms with van der Waals surface area (Å²) in [4.78, 5) is 45.8. The zero-order chi connectivity index (χ0) is 20.6. The SMILES string of the molecule is COCC(=O)N1CCc2[nH]cnc2C12CCN(C(=O)c1cc(C)nc(C)n1)CC2. The molecule has 29 heavy (non-hydrogen) atoms. The van der Waals surface area contributed by atoms with Gasteiger partial charge in [0.2, 0.25) is 5.91 Å². The third-order valence-electron chi connectivity index (χ3n) is 5.89. The summed E-state index contributed by atoms with van der Waals surface area (Å²) in [5.41, 5.74) is 2.70. The van der Waals surface area contributed by atoms with Crippen molar-refractivity contribution in [3.05, 3.63) is 41.0 Å². The Morgan fingerprint density at radius 3 is 2.66 bits per heavy atom. The monoisotopic (exact) mass is 398 g/mol. The van der Waals surface area contributed by atoms with Gasteiger partial charge in [-0.3, -0.25) is 9.59 Å². The van der Waals surface area contributed by atoms with Crippen molar-refractivity contribution in [1.29, 1.82) is 0 Å². The fraction of sp³-hybridized carbons (Fsp3) is 0.550. The van der Waals surface area contributed by atoms with Crippen LogP contribution in [0.2, 0.25) is 0 Å². The second-order valence-electron chi connectivity index (χ2n) is 7.72. The molecular formula is C20H26N6O3. The molecule has 9 heteroatoms. The molecule has 4 heterocycles. The summed E-state index contributed by atoms with van der Waals surface area (Å²) in [5, 5.41) is 0. The number of fused-ring (bicyclic) bond motifs is 2. The Morgan fingerprint density at radius 1 is 1.21 bits per heavy atom. The highest BCUT2D eigenvalue weighted by atomic mass is 16.5. The van der Waals surface area contributed by atoms with Crippen LogP contribution in [0.25, 0.3) is 0 Å². The number of likely N-dealkylation sites (tertiary alicyclic amines) is 1. The van der Waals surface area contributed by atoms with Crippen molar-refractivity contribution in [2.75, 3.05) is 33.4 Å². The van der Waals surface area contributed by atoms with Gasteiger partial charge in [-0.1, -0.05) is 0 Å². The normalized spacial score (nSPS) is 18.0. The molecule has 2 aromatic heterocycles. The number of rotatable bonds is 3. The van der Waals surface area contributed by atoms with E-state index in [1.165, 1.54) is 7.11 Å². The summed E-state index contributed by atoms with van der Waals surface area (Å²) in [7, 11) is 1.53. The van der Waals surface area contributed by atoms with Crippen LogP contribution in [0.4, 0.5) is 0 Å². The molecular weight excluding hydrogens is 372 g/mol. The van der Waals surface area contributed by atoms with E-state index in [-0.39, 0.29) is 18.4 Å². The molecule has 0 aliphatic carbocycles. The Morgan fingerprint density at radius 2 is 1.97 bits per heavy atom. The molecule has 1 fully saturated rings. The number of aryl methyl sites for hydroxylation is 2. The number of ether oxygens (including phenoxy) is 1. The molecule has 1 N–H and O–H groups in total. The zero-order valence-corrected chi connectivity index (χ0v) is 17.1. The molecule has 0 atom stereocenters. The number of carbonyl (C=O) groups is 2. The molecule has 0 radical (unpaired) electrons. The Labute approximate surface area is 169 Å². The Balaban J connectivity index is 1.58. The Bertz CT molecular complexity index is 912. The van der Waals surface area contributed by atoms with E-state index in [4.69, 9.17) is 4.74 Å². The number of piperidine rings is 1. The van der Waals surface area contributed by atoms with Gasteiger partial charge in [0.25, 0.3) is 5.91 Å². The molecule has 2 aliphatic rings. The first-order valence-corrected chi connectivity index (χ1v) is 9.88. The van der Waals surface area contributed by atoms with Gasteiger partial charge in [0.15, 0.2) is 0 Å². The molecule has 2 amide bonds. The standard InChI is InChI=1S/C20H26N6O3/c1-13-10-16(24-14(2)23-13)19(28)25-8-5-20(6-9-25)18-15(21-12-22-18)4-7-26(20)17(27)11-29-3/h10,12H,4-9,11H2,1-3H3,(H,21,22). The third kappa shape index (κ3) is 3.39. The van der Waals surface area contributed by atoms with Gasteiger partial charge in [0.1, 0.15) is 18.1 Å². The maximum absolute atomic E-state index is 13.0. The van der Waals surface area contributed by atoms with Gasteiger partial charge in [0.05, 0.1) is 17.6 Å². The van der Waals surface area contributed by atoms with Crippen LogP contribution >= 0.6 is 0 Å². The van der Waals surface area contributed by atoms with E-state index >= 15 is 0 Å². The molecule has 2 aromatic rings. The summed E-state index contributed by atoms with van der Waals surface area (Å²) in [6.07, 6.45) is 3.71. The average molecular weight is 398 g/mol. The molecule has 1 spiro atoms. The summed E-state index contributed by atoms with van der Waals surface area (Å²) in [5.74, 6) is 0.455. The van der Waals surface area contributed by atoms with Gasteiger partial charge in [-0.2, -0.15) is 0 Å². The number of aromatic amines is 1. The predicted molar refractivity (Wildman–Crippen MR) is 104 cm³/mol. The maximum Gasteiger partial charge on any atom is 0.272 e. The fourth-order valence-corrected chi connectivity index (χ4v) is 4.62.